The molecular weight excluding hydrogens is 563 g/mol. The normalized spacial score (nSPS) is 15.5. The van der Waals surface area contributed by atoms with Gasteiger partial charge >= 0.3 is 0 Å². The Morgan fingerprint density at radius 1 is 0.489 bits per heavy atom. The zero-order chi connectivity index (χ0) is 30.7. The molecule has 1 aliphatic heterocycles. The molecular formula is C43H35NS. The second-order valence-electron chi connectivity index (χ2n) is 13.9. The van der Waals surface area contributed by atoms with E-state index in [4.69, 9.17) is 0 Å². The first-order valence-electron chi connectivity index (χ1n) is 15.9. The Bertz CT molecular complexity index is 2350. The highest BCUT2D eigenvalue weighted by molar-refractivity contribution is 7.25. The Morgan fingerprint density at radius 2 is 1.13 bits per heavy atom. The molecule has 7 aromatic rings. The number of anilines is 3. The smallest absolute Gasteiger partial charge is 0.0503 e. The van der Waals surface area contributed by atoms with Crippen LogP contribution in [-0.4, -0.2) is 0 Å². The standard InChI is InChI=1S/C43H35NS/c1-26-14-19-38-36(22-26)43(4,5)37-24-28(27-16-21-41-33(23-27)32-11-7-9-13-40(32)45-41)15-20-39(37)44(38)29-17-18-31-30-10-6-8-12-34(30)42(2,3)35(31)25-29/h6-25H,1-5H3. The third-order valence-corrected chi connectivity index (χ3v) is 11.7. The Balaban J connectivity index is 1.24. The monoisotopic (exact) mass is 597 g/mol. The van der Waals surface area contributed by atoms with Gasteiger partial charge in [0.1, 0.15) is 0 Å². The summed E-state index contributed by atoms with van der Waals surface area (Å²) in [5.41, 5.74) is 15.6. The molecule has 9 rings (SSSR count). The van der Waals surface area contributed by atoms with Gasteiger partial charge in [-0.1, -0.05) is 106 Å². The zero-order valence-corrected chi connectivity index (χ0v) is 27.2. The van der Waals surface area contributed by atoms with Crippen molar-refractivity contribution in [3.05, 3.63) is 149 Å². The lowest BCUT2D eigenvalue weighted by atomic mass is 9.72. The molecule has 1 aliphatic carbocycles. The first-order valence-corrected chi connectivity index (χ1v) is 16.8. The predicted molar refractivity (Wildman–Crippen MR) is 194 cm³/mol. The number of rotatable bonds is 2. The Morgan fingerprint density at radius 3 is 2.00 bits per heavy atom. The highest BCUT2D eigenvalue weighted by Crippen LogP contribution is 2.55. The van der Waals surface area contributed by atoms with Crippen molar-refractivity contribution in [3.63, 3.8) is 0 Å². The summed E-state index contributed by atoms with van der Waals surface area (Å²) in [5, 5.41) is 2.68. The molecule has 0 spiro atoms. The SMILES string of the molecule is Cc1ccc2c(c1)C(C)(C)c1cc(-c3ccc4sc5ccccc5c4c3)ccc1N2c1ccc2c(c1)C(C)(C)c1ccccc1-2. The van der Waals surface area contributed by atoms with Crippen molar-refractivity contribution in [2.75, 3.05) is 4.90 Å². The van der Waals surface area contributed by atoms with Gasteiger partial charge in [-0.3, -0.25) is 0 Å². The molecule has 0 saturated heterocycles. The molecule has 0 radical (unpaired) electrons. The largest absolute Gasteiger partial charge is 0.310 e. The van der Waals surface area contributed by atoms with Gasteiger partial charge in [0.05, 0.1) is 11.4 Å². The first kappa shape index (κ1) is 26.7. The van der Waals surface area contributed by atoms with Gasteiger partial charge < -0.3 is 4.90 Å². The molecule has 0 amide bonds. The number of aryl methyl sites for hydroxylation is 1. The van der Waals surface area contributed by atoms with Crippen molar-refractivity contribution < 1.29 is 0 Å². The van der Waals surface area contributed by atoms with E-state index in [1.165, 1.54) is 87.3 Å². The molecule has 2 aliphatic rings. The minimum absolute atomic E-state index is 0.0513. The van der Waals surface area contributed by atoms with E-state index in [0.717, 1.165) is 0 Å². The van der Waals surface area contributed by atoms with Gasteiger partial charge in [-0.2, -0.15) is 0 Å². The third-order valence-electron chi connectivity index (χ3n) is 10.5. The summed E-state index contributed by atoms with van der Waals surface area (Å²) in [6.45, 7) is 11.7. The van der Waals surface area contributed by atoms with E-state index >= 15 is 0 Å². The topological polar surface area (TPSA) is 3.24 Å². The quantitative estimate of drug-likeness (QED) is 0.192. The van der Waals surface area contributed by atoms with Gasteiger partial charge in [0.2, 0.25) is 0 Å². The van der Waals surface area contributed by atoms with Gasteiger partial charge in [0.15, 0.2) is 0 Å². The first-order chi connectivity index (χ1) is 21.7. The maximum Gasteiger partial charge on any atom is 0.0503 e. The Hall–Kier alpha value is -4.66. The average Bonchev–Trinajstić information content (AvgIpc) is 3.53. The minimum atomic E-state index is -0.158. The van der Waals surface area contributed by atoms with Crippen LogP contribution in [0.1, 0.15) is 55.5 Å². The zero-order valence-electron chi connectivity index (χ0n) is 26.4. The van der Waals surface area contributed by atoms with Crippen LogP contribution >= 0.6 is 11.3 Å². The van der Waals surface area contributed by atoms with Gasteiger partial charge in [-0.25, -0.2) is 0 Å². The van der Waals surface area contributed by atoms with Crippen LogP contribution in [0.3, 0.4) is 0 Å². The second kappa shape index (κ2) is 9.19. The third kappa shape index (κ3) is 3.73. The minimum Gasteiger partial charge on any atom is -0.310 e. The molecule has 218 valence electrons. The molecule has 6 aromatic carbocycles. The summed E-state index contributed by atoms with van der Waals surface area (Å²) in [6.07, 6.45) is 0. The molecule has 0 atom stereocenters. The molecule has 2 heteroatoms. The highest BCUT2D eigenvalue weighted by Gasteiger charge is 2.39. The molecule has 0 N–H and O–H groups in total. The number of nitrogens with zero attached hydrogens (tertiary/aromatic N) is 1. The average molecular weight is 598 g/mol. The predicted octanol–water partition coefficient (Wildman–Crippen LogP) is 12.4. The maximum absolute atomic E-state index is 2.51. The molecule has 1 nitrogen and oxygen atoms in total. The van der Waals surface area contributed by atoms with E-state index < -0.39 is 0 Å². The van der Waals surface area contributed by atoms with Crippen LogP contribution in [0, 0.1) is 6.92 Å². The summed E-state index contributed by atoms with van der Waals surface area (Å²) < 4.78 is 2.69. The fourth-order valence-electron chi connectivity index (χ4n) is 8.05. The Kier molecular flexibility index (Phi) is 5.45. The van der Waals surface area contributed by atoms with Crippen LogP contribution in [0.2, 0.25) is 0 Å². The van der Waals surface area contributed by atoms with Crippen molar-refractivity contribution in [3.8, 4) is 22.3 Å². The summed E-state index contributed by atoms with van der Waals surface area (Å²) in [7, 11) is 0. The summed E-state index contributed by atoms with van der Waals surface area (Å²) in [6, 6.07) is 45.9. The lowest BCUT2D eigenvalue weighted by Gasteiger charge is -2.42. The van der Waals surface area contributed by atoms with E-state index in [1.807, 2.05) is 11.3 Å². The van der Waals surface area contributed by atoms with Crippen molar-refractivity contribution in [2.45, 2.75) is 45.4 Å². The lowest BCUT2D eigenvalue weighted by molar-refractivity contribution is 0.631. The van der Waals surface area contributed by atoms with Crippen LogP contribution in [-0.2, 0) is 10.8 Å². The molecule has 0 bridgehead atoms. The van der Waals surface area contributed by atoms with Crippen molar-refractivity contribution in [1.82, 2.24) is 0 Å². The van der Waals surface area contributed by atoms with Gasteiger partial charge in [-0.15, -0.1) is 11.3 Å². The molecule has 0 fully saturated rings. The number of thiophene rings is 1. The van der Waals surface area contributed by atoms with E-state index in [1.54, 1.807) is 0 Å². The Labute approximate surface area is 269 Å². The van der Waals surface area contributed by atoms with Gasteiger partial charge in [-0.05, 0) is 100.0 Å². The fraction of sp³-hybridized carbons (Fsp3) is 0.163. The van der Waals surface area contributed by atoms with Crippen molar-refractivity contribution in [1.29, 1.82) is 0 Å². The van der Waals surface area contributed by atoms with Gasteiger partial charge in [0, 0.05) is 36.7 Å². The molecule has 0 unspecified atom stereocenters. The second-order valence-corrected chi connectivity index (χ2v) is 15.0. The van der Waals surface area contributed by atoms with Gasteiger partial charge in [0.25, 0.3) is 0 Å². The number of fused-ring (bicyclic) bond motifs is 8. The van der Waals surface area contributed by atoms with Crippen LogP contribution in [0.5, 0.6) is 0 Å². The van der Waals surface area contributed by atoms with Crippen LogP contribution in [0.15, 0.2) is 121 Å². The van der Waals surface area contributed by atoms with Crippen LogP contribution < -0.4 is 4.90 Å². The molecule has 45 heavy (non-hydrogen) atoms. The van der Waals surface area contributed by atoms with E-state index in [-0.39, 0.29) is 10.8 Å². The van der Waals surface area contributed by atoms with E-state index in [2.05, 4.69) is 161 Å². The highest BCUT2D eigenvalue weighted by atomic mass is 32.1. The van der Waals surface area contributed by atoms with E-state index in [9.17, 15) is 0 Å². The van der Waals surface area contributed by atoms with E-state index in [0.29, 0.717) is 0 Å². The van der Waals surface area contributed by atoms with Crippen LogP contribution in [0.4, 0.5) is 17.1 Å². The molecule has 1 aromatic heterocycles. The summed E-state index contributed by atoms with van der Waals surface area (Å²) in [5.74, 6) is 0. The number of hydrogen-bond acceptors (Lipinski definition) is 2. The number of benzene rings is 6. The van der Waals surface area contributed by atoms with Crippen molar-refractivity contribution >= 4 is 48.6 Å². The summed E-state index contributed by atoms with van der Waals surface area (Å²) >= 11 is 1.88. The van der Waals surface area contributed by atoms with Crippen molar-refractivity contribution in [2.24, 2.45) is 0 Å². The molecule has 2 heterocycles. The maximum atomic E-state index is 2.51. The molecule has 0 saturated carbocycles. The van der Waals surface area contributed by atoms with Crippen LogP contribution in [0.25, 0.3) is 42.4 Å². The lowest BCUT2D eigenvalue weighted by Crippen LogP contribution is -2.31. The fourth-order valence-corrected chi connectivity index (χ4v) is 9.13. The number of hydrogen-bond donors (Lipinski definition) is 0. The summed E-state index contributed by atoms with van der Waals surface area (Å²) in [4.78, 5) is 2.51.